The molecule has 0 spiro atoms. The lowest BCUT2D eigenvalue weighted by atomic mass is 9.86. The van der Waals surface area contributed by atoms with Crippen LogP contribution >= 0.6 is 0 Å². The van der Waals surface area contributed by atoms with E-state index in [-0.39, 0.29) is 12.2 Å². The van der Waals surface area contributed by atoms with Crippen LogP contribution in [-0.2, 0) is 16.6 Å². The molecule has 1 heterocycles. The van der Waals surface area contributed by atoms with Gasteiger partial charge in [-0.15, -0.1) is 0 Å². The fourth-order valence-electron chi connectivity index (χ4n) is 2.15. The average molecular weight is 285 g/mol. The number of aromatic nitrogens is 1. The molecule has 2 aromatic rings. The van der Waals surface area contributed by atoms with Gasteiger partial charge in [0.2, 0.25) is 0 Å². The Balaban J connectivity index is 2.15. The molecule has 2 rings (SSSR count). The van der Waals surface area contributed by atoms with E-state index in [1.165, 1.54) is 11.1 Å². The molecule has 1 aromatic carbocycles. The fourth-order valence-corrected chi connectivity index (χ4v) is 2.15. The molecule has 0 radical (unpaired) electrons. The quantitative estimate of drug-likeness (QED) is 0.779. The van der Waals surface area contributed by atoms with Crippen molar-refractivity contribution in [2.45, 2.75) is 32.6 Å². The van der Waals surface area contributed by atoms with E-state index in [0.717, 1.165) is 17.7 Å². The van der Waals surface area contributed by atoms with Crippen LogP contribution in [-0.4, -0.2) is 18.9 Å². The summed E-state index contributed by atoms with van der Waals surface area (Å²) in [6.07, 6.45) is 4.35. The number of hydrogen-bond acceptors (Lipinski definition) is 3. The molecule has 0 atom stereocenters. The number of ether oxygens (including phenoxy) is 2. The highest BCUT2D eigenvalue weighted by atomic mass is 16.7. The normalized spacial score (nSPS) is 11.4. The molecule has 0 aliphatic carbocycles. The number of hydrogen-bond donors (Lipinski definition) is 0. The van der Waals surface area contributed by atoms with Gasteiger partial charge in [0.25, 0.3) is 0 Å². The number of methoxy groups -OCH3 is 1. The lowest BCUT2D eigenvalue weighted by Crippen LogP contribution is -2.10. The van der Waals surface area contributed by atoms with Crippen molar-refractivity contribution >= 4 is 0 Å². The Morgan fingerprint density at radius 1 is 1.05 bits per heavy atom. The Morgan fingerprint density at radius 3 is 2.38 bits per heavy atom. The highest BCUT2D eigenvalue weighted by molar-refractivity contribution is 5.36. The van der Waals surface area contributed by atoms with Gasteiger partial charge in [0.05, 0.1) is 6.20 Å². The maximum atomic E-state index is 5.55. The third kappa shape index (κ3) is 4.30. The molecule has 0 aliphatic heterocycles. The van der Waals surface area contributed by atoms with Crippen LogP contribution in [0.5, 0.6) is 5.75 Å². The van der Waals surface area contributed by atoms with E-state index in [1.54, 1.807) is 19.5 Å². The summed E-state index contributed by atoms with van der Waals surface area (Å²) in [6.45, 7) is 6.91. The Hall–Kier alpha value is -1.87. The van der Waals surface area contributed by atoms with Crippen LogP contribution in [0.15, 0.2) is 42.7 Å². The topological polar surface area (TPSA) is 31.4 Å². The summed E-state index contributed by atoms with van der Waals surface area (Å²) < 4.78 is 10.5. The van der Waals surface area contributed by atoms with Gasteiger partial charge in [-0.05, 0) is 22.6 Å². The van der Waals surface area contributed by atoms with Gasteiger partial charge >= 0.3 is 0 Å². The summed E-state index contributed by atoms with van der Waals surface area (Å²) in [6, 6.07) is 10.8. The zero-order chi connectivity index (χ0) is 15.3. The van der Waals surface area contributed by atoms with Crippen molar-refractivity contribution in [1.29, 1.82) is 0 Å². The number of nitrogens with zero attached hydrogens (tertiary/aromatic N) is 1. The van der Waals surface area contributed by atoms with Gasteiger partial charge in [0.15, 0.2) is 6.79 Å². The van der Waals surface area contributed by atoms with Gasteiger partial charge in [0.1, 0.15) is 5.75 Å². The average Bonchev–Trinajstić information content (AvgIpc) is 2.46. The predicted molar refractivity (Wildman–Crippen MR) is 84.7 cm³/mol. The van der Waals surface area contributed by atoms with Gasteiger partial charge in [-0.25, -0.2) is 0 Å². The van der Waals surface area contributed by atoms with Gasteiger partial charge < -0.3 is 9.47 Å². The molecule has 0 unspecified atom stereocenters. The highest BCUT2D eigenvalue weighted by Gasteiger charge is 2.13. The largest absolute Gasteiger partial charge is 0.466 e. The summed E-state index contributed by atoms with van der Waals surface area (Å²) in [4.78, 5) is 4.11. The lowest BCUT2D eigenvalue weighted by molar-refractivity contribution is 0.0502. The summed E-state index contributed by atoms with van der Waals surface area (Å²) in [7, 11) is 1.61. The molecule has 0 bridgehead atoms. The molecule has 0 saturated carbocycles. The highest BCUT2D eigenvalue weighted by Crippen LogP contribution is 2.24. The second-order valence-corrected chi connectivity index (χ2v) is 6.16. The van der Waals surface area contributed by atoms with Gasteiger partial charge in [-0.1, -0.05) is 45.0 Å². The van der Waals surface area contributed by atoms with Crippen LogP contribution < -0.4 is 4.74 Å². The van der Waals surface area contributed by atoms with Gasteiger partial charge in [0, 0.05) is 25.3 Å². The third-order valence-corrected chi connectivity index (χ3v) is 3.42. The van der Waals surface area contributed by atoms with Crippen LogP contribution in [0.25, 0.3) is 0 Å². The smallest absolute Gasteiger partial charge is 0.188 e. The molecule has 21 heavy (non-hydrogen) atoms. The Labute approximate surface area is 126 Å². The van der Waals surface area contributed by atoms with E-state index in [9.17, 15) is 0 Å². The van der Waals surface area contributed by atoms with Crippen molar-refractivity contribution < 1.29 is 9.47 Å². The van der Waals surface area contributed by atoms with E-state index >= 15 is 0 Å². The minimum atomic E-state index is 0.182. The molecular formula is C18H23NO2. The molecule has 1 aromatic heterocycles. The monoisotopic (exact) mass is 285 g/mol. The molecule has 0 amide bonds. The first kappa shape index (κ1) is 15.5. The first-order valence-electron chi connectivity index (χ1n) is 7.15. The van der Waals surface area contributed by atoms with Crippen LogP contribution in [0.3, 0.4) is 0 Å². The zero-order valence-corrected chi connectivity index (χ0v) is 13.2. The summed E-state index contributed by atoms with van der Waals surface area (Å²) in [5.41, 5.74) is 3.90. The van der Waals surface area contributed by atoms with Crippen molar-refractivity contribution in [3.8, 4) is 5.75 Å². The van der Waals surface area contributed by atoms with Gasteiger partial charge in [-0.2, -0.15) is 0 Å². The molecule has 0 aliphatic rings. The van der Waals surface area contributed by atoms with E-state index in [4.69, 9.17) is 9.47 Å². The summed E-state index contributed by atoms with van der Waals surface area (Å²) in [5.74, 6) is 0.777. The van der Waals surface area contributed by atoms with E-state index < -0.39 is 0 Å². The molecular weight excluding hydrogens is 262 g/mol. The van der Waals surface area contributed by atoms with Crippen molar-refractivity contribution in [3.63, 3.8) is 0 Å². The molecule has 3 heteroatoms. The Bertz CT molecular complexity index is 571. The zero-order valence-electron chi connectivity index (χ0n) is 13.2. The van der Waals surface area contributed by atoms with E-state index in [2.05, 4.69) is 50.0 Å². The van der Waals surface area contributed by atoms with Crippen molar-refractivity contribution in [3.05, 3.63) is 59.4 Å². The maximum Gasteiger partial charge on any atom is 0.188 e. The molecule has 3 nitrogen and oxygen atoms in total. The Kier molecular flexibility index (Phi) is 4.97. The standard InChI is InChI=1S/C18H23NO2/c1-18(2,3)16-7-5-14(6-8-16)11-15-9-10-19-12-17(15)21-13-20-4/h5-10,12H,11,13H2,1-4H3. The predicted octanol–water partition coefficient (Wildman–Crippen LogP) is 3.95. The van der Waals surface area contributed by atoms with E-state index in [1.807, 2.05) is 6.07 Å². The summed E-state index contributed by atoms with van der Waals surface area (Å²) in [5, 5.41) is 0. The molecule has 0 saturated heterocycles. The summed E-state index contributed by atoms with van der Waals surface area (Å²) >= 11 is 0. The molecule has 0 fully saturated rings. The SMILES string of the molecule is COCOc1cnccc1Cc1ccc(C(C)(C)C)cc1. The second kappa shape index (κ2) is 6.72. The first-order valence-corrected chi connectivity index (χ1v) is 7.15. The Morgan fingerprint density at radius 2 is 1.76 bits per heavy atom. The van der Waals surface area contributed by atoms with Crippen LogP contribution in [0.1, 0.15) is 37.5 Å². The number of pyridine rings is 1. The minimum absolute atomic E-state index is 0.182. The van der Waals surface area contributed by atoms with Crippen LogP contribution in [0.2, 0.25) is 0 Å². The van der Waals surface area contributed by atoms with Crippen molar-refractivity contribution in [2.75, 3.05) is 13.9 Å². The van der Waals surface area contributed by atoms with Crippen LogP contribution in [0.4, 0.5) is 0 Å². The van der Waals surface area contributed by atoms with Crippen molar-refractivity contribution in [2.24, 2.45) is 0 Å². The second-order valence-electron chi connectivity index (χ2n) is 6.16. The maximum absolute atomic E-state index is 5.55. The van der Waals surface area contributed by atoms with Crippen molar-refractivity contribution in [1.82, 2.24) is 4.98 Å². The van der Waals surface area contributed by atoms with Crippen LogP contribution in [0, 0.1) is 0 Å². The number of rotatable bonds is 5. The van der Waals surface area contributed by atoms with E-state index in [0.29, 0.717) is 0 Å². The number of benzene rings is 1. The lowest BCUT2D eigenvalue weighted by Gasteiger charge is -2.19. The molecule has 112 valence electrons. The third-order valence-electron chi connectivity index (χ3n) is 3.42. The fraction of sp³-hybridized carbons (Fsp3) is 0.389. The minimum Gasteiger partial charge on any atom is -0.466 e. The van der Waals surface area contributed by atoms with Gasteiger partial charge in [-0.3, -0.25) is 4.98 Å². The molecule has 0 N–H and O–H groups in total. The first-order chi connectivity index (χ1) is 10.0.